The lowest BCUT2D eigenvalue weighted by Gasteiger charge is -2.00. The molecule has 0 fully saturated rings. The van der Waals surface area contributed by atoms with E-state index in [1.807, 2.05) is 51.1 Å². The fourth-order valence-corrected chi connectivity index (χ4v) is 3.76. The van der Waals surface area contributed by atoms with Crippen molar-refractivity contribution < 1.29 is 4.79 Å². The number of nitrogens with one attached hydrogen (secondary N) is 1. The summed E-state index contributed by atoms with van der Waals surface area (Å²) in [6.45, 7) is 6.06. The van der Waals surface area contributed by atoms with E-state index in [2.05, 4.69) is 27.1 Å². The number of hydrogen-bond acceptors (Lipinski definition) is 4. The predicted octanol–water partition coefficient (Wildman–Crippen LogP) is 3.40. The lowest BCUT2D eigenvalue weighted by molar-refractivity contribution is 0.0962. The van der Waals surface area contributed by atoms with Gasteiger partial charge in [0.05, 0.1) is 11.4 Å². The molecular formula is C19H17N3OS. The van der Waals surface area contributed by atoms with Gasteiger partial charge in [0.15, 0.2) is 0 Å². The number of benzene rings is 1. The highest BCUT2D eigenvalue weighted by Gasteiger charge is 2.18. The van der Waals surface area contributed by atoms with Gasteiger partial charge in [-0.25, -0.2) is 9.97 Å². The Hall–Kier alpha value is -2.71. The SMILES string of the molecule is Cc1nc(C)c2c(C)c(C(=O)NCC#Cc3ccccc3)sc2n1. The molecule has 0 aliphatic heterocycles. The molecule has 0 unspecified atom stereocenters. The molecule has 0 saturated heterocycles. The van der Waals surface area contributed by atoms with Crippen LogP contribution in [0.1, 0.15) is 32.3 Å². The van der Waals surface area contributed by atoms with E-state index in [0.717, 1.165) is 32.9 Å². The van der Waals surface area contributed by atoms with Crippen LogP contribution in [0, 0.1) is 32.6 Å². The van der Waals surface area contributed by atoms with Crippen LogP contribution in [-0.2, 0) is 0 Å². The Bertz CT molecular complexity index is 965. The minimum absolute atomic E-state index is 0.116. The van der Waals surface area contributed by atoms with E-state index in [1.54, 1.807) is 0 Å². The molecule has 24 heavy (non-hydrogen) atoms. The zero-order valence-corrected chi connectivity index (χ0v) is 14.6. The second-order valence-corrected chi connectivity index (χ2v) is 6.44. The third kappa shape index (κ3) is 3.29. The lowest BCUT2D eigenvalue weighted by Crippen LogP contribution is -2.23. The highest BCUT2D eigenvalue weighted by molar-refractivity contribution is 7.20. The molecule has 3 rings (SSSR count). The molecule has 1 N–H and O–H groups in total. The van der Waals surface area contributed by atoms with E-state index >= 15 is 0 Å². The second-order valence-electron chi connectivity index (χ2n) is 5.44. The third-order valence-corrected chi connectivity index (χ3v) is 4.82. The zero-order chi connectivity index (χ0) is 17.1. The van der Waals surface area contributed by atoms with Crippen LogP contribution >= 0.6 is 11.3 Å². The smallest absolute Gasteiger partial charge is 0.262 e. The Labute approximate surface area is 145 Å². The van der Waals surface area contributed by atoms with Gasteiger partial charge in [0.1, 0.15) is 10.7 Å². The molecule has 0 aliphatic rings. The molecule has 3 aromatic rings. The minimum Gasteiger partial charge on any atom is -0.340 e. The Kier molecular flexibility index (Phi) is 4.59. The number of aryl methyl sites for hydroxylation is 3. The molecule has 0 spiro atoms. The van der Waals surface area contributed by atoms with Crippen LogP contribution in [0.2, 0.25) is 0 Å². The predicted molar refractivity (Wildman–Crippen MR) is 97.3 cm³/mol. The summed E-state index contributed by atoms with van der Waals surface area (Å²) in [4.78, 5) is 22.8. The van der Waals surface area contributed by atoms with E-state index in [0.29, 0.717) is 11.4 Å². The first-order valence-corrected chi connectivity index (χ1v) is 8.44. The van der Waals surface area contributed by atoms with Crippen molar-refractivity contribution in [2.75, 3.05) is 6.54 Å². The van der Waals surface area contributed by atoms with Gasteiger partial charge < -0.3 is 5.32 Å². The molecule has 4 nitrogen and oxygen atoms in total. The first-order valence-electron chi connectivity index (χ1n) is 7.62. The molecule has 2 aromatic heterocycles. The maximum absolute atomic E-state index is 12.4. The number of fused-ring (bicyclic) bond motifs is 1. The van der Waals surface area contributed by atoms with Crippen molar-refractivity contribution in [1.82, 2.24) is 15.3 Å². The Morgan fingerprint density at radius 2 is 1.92 bits per heavy atom. The van der Waals surface area contributed by atoms with E-state index in [1.165, 1.54) is 11.3 Å². The maximum Gasteiger partial charge on any atom is 0.262 e. The summed E-state index contributed by atoms with van der Waals surface area (Å²) in [5.74, 6) is 6.60. The molecule has 0 atom stereocenters. The summed E-state index contributed by atoms with van der Waals surface area (Å²) < 4.78 is 0. The Balaban J connectivity index is 1.76. The number of nitrogens with zero attached hydrogens (tertiary/aromatic N) is 2. The number of aromatic nitrogens is 2. The molecule has 1 amide bonds. The maximum atomic E-state index is 12.4. The standard InChI is InChI=1S/C19H17N3OS/c1-12-16-13(2)21-14(3)22-19(16)24-17(12)18(23)20-11-7-10-15-8-5-4-6-9-15/h4-6,8-9H,11H2,1-3H3,(H,20,23). The van der Waals surface area contributed by atoms with Crippen molar-refractivity contribution >= 4 is 27.5 Å². The molecule has 2 heterocycles. The van der Waals surface area contributed by atoms with Gasteiger partial charge in [-0.2, -0.15) is 0 Å². The van der Waals surface area contributed by atoms with Crippen molar-refractivity contribution in [2.45, 2.75) is 20.8 Å². The van der Waals surface area contributed by atoms with Gasteiger partial charge >= 0.3 is 0 Å². The van der Waals surface area contributed by atoms with Crippen molar-refractivity contribution in [3.05, 3.63) is 57.9 Å². The van der Waals surface area contributed by atoms with Gasteiger partial charge in [0.2, 0.25) is 0 Å². The summed E-state index contributed by atoms with van der Waals surface area (Å²) in [5.41, 5.74) is 2.78. The fourth-order valence-electron chi connectivity index (χ4n) is 2.56. The average molecular weight is 335 g/mol. The van der Waals surface area contributed by atoms with E-state index in [-0.39, 0.29) is 5.91 Å². The summed E-state index contributed by atoms with van der Waals surface area (Å²) in [6.07, 6.45) is 0. The van der Waals surface area contributed by atoms with E-state index in [9.17, 15) is 4.79 Å². The molecule has 0 aliphatic carbocycles. The van der Waals surface area contributed by atoms with Gasteiger partial charge in [0, 0.05) is 16.6 Å². The van der Waals surface area contributed by atoms with Crippen LogP contribution in [0.15, 0.2) is 30.3 Å². The average Bonchev–Trinajstić information content (AvgIpc) is 2.89. The van der Waals surface area contributed by atoms with Crippen LogP contribution in [0.25, 0.3) is 10.2 Å². The van der Waals surface area contributed by atoms with Crippen LogP contribution < -0.4 is 5.32 Å². The van der Waals surface area contributed by atoms with Gasteiger partial charge in [0.25, 0.3) is 5.91 Å². The summed E-state index contributed by atoms with van der Waals surface area (Å²) in [6, 6.07) is 9.70. The topological polar surface area (TPSA) is 54.9 Å². The van der Waals surface area contributed by atoms with Gasteiger partial charge in [-0.1, -0.05) is 30.0 Å². The molecule has 5 heteroatoms. The van der Waals surface area contributed by atoms with Gasteiger partial charge in [-0.3, -0.25) is 4.79 Å². The van der Waals surface area contributed by atoms with Crippen molar-refractivity contribution in [3.63, 3.8) is 0 Å². The highest BCUT2D eigenvalue weighted by Crippen LogP contribution is 2.30. The van der Waals surface area contributed by atoms with Crippen LogP contribution in [0.3, 0.4) is 0 Å². The second kappa shape index (κ2) is 6.81. The Morgan fingerprint density at radius 1 is 1.17 bits per heavy atom. The number of thiophene rings is 1. The summed E-state index contributed by atoms with van der Waals surface area (Å²) in [5, 5.41) is 3.83. The van der Waals surface area contributed by atoms with E-state index < -0.39 is 0 Å². The van der Waals surface area contributed by atoms with Gasteiger partial charge in [-0.05, 0) is 38.5 Å². The van der Waals surface area contributed by atoms with Crippen molar-refractivity contribution in [2.24, 2.45) is 0 Å². The minimum atomic E-state index is -0.116. The fraction of sp³-hybridized carbons (Fsp3) is 0.211. The number of carbonyl (C=O) groups excluding carboxylic acids is 1. The van der Waals surface area contributed by atoms with Crippen LogP contribution in [0.4, 0.5) is 0 Å². The highest BCUT2D eigenvalue weighted by atomic mass is 32.1. The van der Waals surface area contributed by atoms with Crippen molar-refractivity contribution in [1.29, 1.82) is 0 Å². The number of amides is 1. The summed E-state index contributed by atoms with van der Waals surface area (Å²) >= 11 is 1.40. The molecule has 0 radical (unpaired) electrons. The zero-order valence-electron chi connectivity index (χ0n) is 13.8. The largest absolute Gasteiger partial charge is 0.340 e. The van der Waals surface area contributed by atoms with Gasteiger partial charge in [-0.15, -0.1) is 11.3 Å². The molecule has 0 bridgehead atoms. The quantitative estimate of drug-likeness (QED) is 0.730. The molecule has 0 saturated carbocycles. The third-order valence-electron chi connectivity index (χ3n) is 3.63. The molecule has 1 aromatic carbocycles. The number of rotatable bonds is 2. The van der Waals surface area contributed by atoms with Crippen molar-refractivity contribution in [3.8, 4) is 11.8 Å². The van der Waals surface area contributed by atoms with Crippen LogP contribution in [0.5, 0.6) is 0 Å². The van der Waals surface area contributed by atoms with Crippen LogP contribution in [-0.4, -0.2) is 22.4 Å². The normalized spacial score (nSPS) is 10.3. The summed E-state index contributed by atoms with van der Waals surface area (Å²) in [7, 11) is 0. The Morgan fingerprint density at radius 3 is 2.67 bits per heavy atom. The molecular weight excluding hydrogens is 318 g/mol. The monoisotopic (exact) mass is 335 g/mol. The van der Waals surface area contributed by atoms with E-state index in [4.69, 9.17) is 0 Å². The first-order chi connectivity index (χ1) is 11.6. The number of hydrogen-bond donors (Lipinski definition) is 1. The first kappa shape index (κ1) is 16.2. The molecule has 120 valence electrons. The number of carbonyl (C=O) groups is 1. The lowest BCUT2D eigenvalue weighted by atomic mass is 10.1.